The number of rotatable bonds is 4. The van der Waals surface area contributed by atoms with Crippen LogP contribution in [0.4, 0.5) is 14.9 Å². The molecule has 0 saturated carbocycles. The second kappa shape index (κ2) is 7.39. The Morgan fingerprint density at radius 1 is 1.48 bits per heavy atom. The molecule has 2 aromatic rings. The number of amides is 2. The highest BCUT2D eigenvalue weighted by atomic mass is 19.1. The summed E-state index contributed by atoms with van der Waals surface area (Å²) in [5, 5.41) is 11.8. The van der Waals surface area contributed by atoms with E-state index in [1.54, 1.807) is 24.5 Å². The van der Waals surface area contributed by atoms with E-state index in [1.807, 2.05) is 10.6 Å². The van der Waals surface area contributed by atoms with Crippen LogP contribution in [0.15, 0.2) is 24.5 Å². The zero-order valence-corrected chi connectivity index (χ0v) is 15.7. The van der Waals surface area contributed by atoms with Gasteiger partial charge in [-0.2, -0.15) is 5.26 Å². The summed E-state index contributed by atoms with van der Waals surface area (Å²) >= 11 is 0. The molecular weight excluding hydrogens is 377 g/mol. The van der Waals surface area contributed by atoms with Crippen LogP contribution in [0.5, 0.6) is 0 Å². The summed E-state index contributed by atoms with van der Waals surface area (Å²) in [5.41, 5.74) is 2.56. The fourth-order valence-electron chi connectivity index (χ4n) is 3.53. The van der Waals surface area contributed by atoms with Crippen molar-refractivity contribution >= 4 is 29.3 Å². The Morgan fingerprint density at radius 2 is 2.31 bits per heavy atom. The highest BCUT2D eigenvalue weighted by Crippen LogP contribution is 2.32. The van der Waals surface area contributed by atoms with Crippen molar-refractivity contribution in [3.05, 3.63) is 47.3 Å². The number of nitrogens with zero attached hydrogens (tertiary/aromatic N) is 4. The van der Waals surface area contributed by atoms with E-state index >= 15 is 0 Å². The van der Waals surface area contributed by atoms with Crippen LogP contribution in [-0.4, -0.2) is 40.7 Å². The van der Waals surface area contributed by atoms with Gasteiger partial charge in [0, 0.05) is 19.0 Å². The van der Waals surface area contributed by atoms with Crippen LogP contribution in [0.3, 0.4) is 0 Å². The number of carbonyl (C=O) groups excluding carboxylic acids is 2. The van der Waals surface area contributed by atoms with E-state index in [1.165, 1.54) is 17.9 Å². The third kappa shape index (κ3) is 3.57. The molecule has 8 nitrogen and oxygen atoms in total. The van der Waals surface area contributed by atoms with Gasteiger partial charge in [0.1, 0.15) is 18.0 Å². The lowest BCUT2D eigenvalue weighted by Gasteiger charge is -2.18. The summed E-state index contributed by atoms with van der Waals surface area (Å²) in [7, 11) is 0. The molecule has 148 valence electrons. The van der Waals surface area contributed by atoms with Crippen molar-refractivity contribution in [2.45, 2.75) is 26.0 Å². The Hall–Kier alpha value is -3.67. The van der Waals surface area contributed by atoms with Crippen LogP contribution in [0.2, 0.25) is 0 Å². The first kappa shape index (κ1) is 18.7. The number of cyclic esters (lactones) is 1. The summed E-state index contributed by atoms with van der Waals surface area (Å²) in [4.78, 5) is 28.5. The molecule has 2 amide bonds. The summed E-state index contributed by atoms with van der Waals surface area (Å²) in [6.07, 6.45) is 2.93. The molecule has 1 fully saturated rings. The number of nitriles is 1. The lowest BCUT2D eigenvalue weighted by atomic mass is 9.97. The molecule has 0 radical (unpaired) electrons. The molecule has 2 aliphatic rings. The van der Waals surface area contributed by atoms with Gasteiger partial charge in [-0.15, -0.1) is 0 Å². The van der Waals surface area contributed by atoms with E-state index in [4.69, 9.17) is 10.00 Å². The molecule has 1 saturated heterocycles. The SMILES string of the molecule is CC(=O)NC[C@H]1CN(c2ccc(C3=Cc4c(C#N)ncn4CC3)c(F)c2)C(=O)O1. The molecule has 0 unspecified atom stereocenters. The number of nitrogens with one attached hydrogen (secondary N) is 1. The van der Waals surface area contributed by atoms with Crippen LogP contribution >= 0.6 is 0 Å². The predicted molar refractivity (Wildman–Crippen MR) is 102 cm³/mol. The topological polar surface area (TPSA) is 100 Å². The number of carbonyl (C=O) groups is 2. The third-order valence-corrected chi connectivity index (χ3v) is 4.98. The van der Waals surface area contributed by atoms with Gasteiger partial charge in [-0.1, -0.05) is 0 Å². The molecule has 9 heteroatoms. The number of benzene rings is 1. The average Bonchev–Trinajstić information content (AvgIpc) is 3.28. The van der Waals surface area contributed by atoms with Crippen molar-refractivity contribution in [1.29, 1.82) is 5.26 Å². The molecule has 1 N–H and O–H groups in total. The zero-order chi connectivity index (χ0) is 20.5. The van der Waals surface area contributed by atoms with Crippen molar-refractivity contribution in [1.82, 2.24) is 14.9 Å². The summed E-state index contributed by atoms with van der Waals surface area (Å²) in [6.45, 7) is 2.43. The van der Waals surface area contributed by atoms with Crippen molar-refractivity contribution < 1.29 is 18.7 Å². The minimum atomic E-state index is -0.577. The van der Waals surface area contributed by atoms with Crippen LogP contribution in [0.1, 0.15) is 30.3 Å². The maximum atomic E-state index is 14.9. The van der Waals surface area contributed by atoms with Crippen LogP contribution in [0, 0.1) is 17.1 Å². The predicted octanol–water partition coefficient (Wildman–Crippen LogP) is 2.30. The molecule has 0 bridgehead atoms. The highest BCUT2D eigenvalue weighted by molar-refractivity contribution is 5.91. The Bertz CT molecular complexity index is 1070. The Kier molecular flexibility index (Phi) is 4.76. The molecule has 29 heavy (non-hydrogen) atoms. The quantitative estimate of drug-likeness (QED) is 0.856. The number of halogens is 1. The second-order valence-corrected chi connectivity index (χ2v) is 6.92. The first-order chi connectivity index (χ1) is 14.0. The number of allylic oxidation sites excluding steroid dienone is 1. The molecule has 1 aromatic heterocycles. The number of fused-ring (bicyclic) bond motifs is 1. The smallest absolute Gasteiger partial charge is 0.414 e. The highest BCUT2D eigenvalue weighted by Gasteiger charge is 2.33. The van der Waals surface area contributed by atoms with Gasteiger partial charge < -0.3 is 14.6 Å². The van der Waals surface area contributed by atoms with Crippen molar-refractivity contribution in [2.24, 2.45) is 0 Å². The molecule has 3 heterocycles. The van der Waals surface area contributed by atoms with Crippen LogP contribution in [0.25, 0.3) is 11.6 Å². The number of imidazole rings is 1. The largest absolute Gasteiger partial charge is 0.442 e. The van der Waals surface area contributed by atoms with Crippen LogP contribution < -0.4 is 10.2 Å². The van der Waals surface area contributed by atoms with Crippen molar-refractivity contribution in [3.8, 4) is 6.07 Å². The van der Waals surface area contributed by atoms with E-state index in [2.05, 4.69) is 10.3 Å². The average molecular weight is 395 g/mol. The molecule has 2 aliphatic heterocycles. The van der Waals surface area contributed by atoms with Gasteiger partial charge in [-0.25, -0.2) is 14.2 Å². The molecule has 1 atom stereocenters. The van der Waals surface area contributed by atoms with Crippen molar-refractivity contribution in [2.75, 3.05) is 18.0 Å². The Balaban J connectivity index is 1.56. The third-order valence-electron chi connectivity index (χ3n) is 4.98. The van der Waals surface area contributed by atoms with E-state index in [-0.39, 0.29) is 19.0 Å². The zero-order valence-electron chi connectivity index (χ0n) is 15.7. The van der Waals surface area contributed by atoms with Gasteiger partial charge in [0.05, 0.1) is 30.8 Å². The summed E-state index contributed by atoms with van der Waals surface area (Å²) in [6, 6.07) is 6.63. The van der Waals surface area contributed by atoms with E-state index in [0.717, 1.165) is 5.57 Å². The normalized spacial score (nSPS) is 18.0. The first-order valence-electron chi connectivity index (χ1n) is 9.14. The summed E-state index contributed by atoms with van der Waals surface area (Å²) in [5.74, 6) is -0.671. The summed E-state index contributed by atoms with van der Waals surface area (Å²) < 4.78 is 22.0. The number of ether oxygens (including phenoxy) is 1. The van der Waals surface area contributed by atoms with E-state index in [9.17, 15) is 14.0 Å². The Morgan fingerprint density at radius 3 is 3.03 bits per heavy atom. The Labute approximate surface area is 166 Å². The second-order valence-electron chi connectivity index (χ2n) is 6.92. The fraction of sp³-hybridized carbons (Fsp3) is 0.300. The molecule has 1 aromatic carbocycles. The molecule has 0 spiro atoms. The monoisotopic (exact) mass is 395 g/mol. The molecular formula is C20H18FN5O3. The minimum Gasteiger partial charge on any atom is -0.442 e. The van der Waals surface area contributed by atoms with Gasteiger partial charge in [-0.05, 0) is 36.3 Å². The standard InChI is InChI=1S/C20H18FN5O3/c1-12(27)23-9-15-10-26(20(28)29-15)14-2-3-16(17(21)7-14)13-4-5-25-11-24-18(8-22)19(25)6-13/h2-3,6-7,11,15H,4-5,9-10H2,1H3,(H,23,27)/t15-/m0/s1. The number of hydrogen-bond acceptors (Lipinski definition) is 5. The lowest BCUT2D eigenvalue weighted by molar-refractivity contribution is -0.119. The number of anilines is 1. The van der Waals surface area contributed by atoms with Gasteiger partial charge in [-0.3, -0.25) is 9.69 Å². The van der Waals surface area contributed by atoms with Gasteiger partial charge in [0.15, 0.2) is 5.69 Å². The number of aryl methyl sites for hydroxylation is 1. The van der Waals surface area contributed by atoms with Crippen LogP contribution in [-0.2, 0) is 16.1 Å². The van der Waals surface area contributed by atoms with E-state index < -0.39 is 18.0 Å². The number of hydrogen-bond donors (Lipinski definition) is 1. The fourth-order valence-corrected chi connectivity index (χ4v) is 3.53. The van der Waals surface area contributed by atoms with Gasteiger partial charge in [0.2, 0.25) is 5.91 Å². The van der Waals surface area contributed by atoms with Gasteiger partial charge >= 0.3 is 6.09 Å². The lowest BCUT2D eigenvalue weighted by Crippen LogP contribution is -2.33. The van der Waals surface area contributed by atoms with Crippen molar-refractivity contribution in [3.63, 3.8) is 0 Å². The first-order valence-corrected chi connectivity index (χ1v) is 9.14. The maximum absolute atomic E-state index is 14.9. The van der Waals surface area contributed by atoms with Gasteiger partial charge in [0.25, 0.3) is 0 Å². The molecule has 4 rings (SSSR count). The number of aromatic nitrogens is 2. The minimum absolute atomic E-state index is 0.208. The van der Waals surface area contributed by atoms with E-state index in [0.29, 0.717) is 35.6 Å². The molecule has 0 aliphatic carbocycles. The maximum Gasteiger partial charge on any atom is 0.414 e.